The molecule has 0 saturated heterocycles. The van der Waals surface area contributed by atoms with Crippen molar-refractivity contribution in [2.45, 2.75) is 6.92 Å². The number of hydrogen-bond donors (Lipinski definition) is 1. The van der Waals surface area contributed by atoms with Gasteiger partial charge in [-0.05, 0) is 6.92 Å². The third-order valence-corrected chi connectivity index (χ3v) is 1.15. The fraction of sp³-hybridized carbons (Fsp3) is 0.167. The summed E-state index contributed by atoms with van der Waals surface area (Å²) in [6.07, 6.45) is 5.70. The Hall–Kier alpha value is -2.10. The molecule has 0 bridgehead atoms. The summed E-state index contributed by atoms with van der Waals surface area (Å²) >= 11 is 0. The first-order valence-corrected chi connectivity index (χ1v) is 4.44. The van der Waals surface area contributed by atoms with Gasteiger partial charge in [-0.2, -0.15) is 0 Å². The minimum atomic E-state index is -0.969. The van der Waals surface area contributed by atoms with Gasteiger partial charge < -0.3 is 9.84 Å². The summed E-state index contributed by atoms with van der Waals surface area (Å²) < 4.78 is 4.47. The van der Waals surface area contributed by atoms with Gasteiger partial charge in [-0.15, -0.1) is 0 Å². The molecule has 0 aromatic carbocycles. The second-order valence-corrected chi connectivity index (χ2v) is 2.45. The molecule has 0 heterocycles. The molecule has 0 amide bonds. The Labute approximate surface area is 95.2 Å². The van der Waals surface area contributed by atoms with Gasteiger partial charge in [0.1, 0.15) is 6.61 Å². The first kappa shape index (κ1) is 16.3. The molecule has 0 aliphatic carbocycles. The third kappa shape index (κ3) is 11.9. The van der Waals surface area contributed by atoms with Crippen molar-refractivity contribution in [3.8, 4) is 0 Å². The predicted octanol–water partition coefficient (Wildman–Crippen LogP) is 2.10. The molecule has 0 spiro atoms. The van der Waals surface area contributed by atoms with Crippen molar-refractivity contribution in [2.75, 3.05) is 6.61 Å². The molecule has 0 aliphatic heterocycles. The predicted molar refractivity (Wildman–Crippen MR) is 62.9 cm³/mol. The van der Waals surface area contributed by atoms with E-state index < -0.39 is 11.9 Å². The first-order valence-electron chi connectivity index (χ1n) is 4.44. The molecular formula is C12H16O4. The molecular weight excluding hydrogens is 208 g/mol. The fourth-order valence-electron chi connectivity index (χ4n) is 0.472. The van der Waals surface area contributed by atoms with E-state index in [1.54, 1.807) is 13.0 Å². The third-order valence-electron chi connectivity index (χ3n) is 1.15. The van der Waals surface area contributed by atoms with Crippen LogP contribution in [-0.4, -0.2) is 23.7 Å². The van der Waals surface area contributed by atoms with Crippen LogP contribution in [0.1, 0.15) is 6.92 Å². The summed E-state index contributed by atoms with van der Waals surface area (Å²) in [5.41, 5.74) is 0.118. The van der Waals surface area contributed by atoms with E-state index in [9.17, 15) is 9.59 Å². The SMILES string of the molecule is C=C(C=CC)C(=O)O.C=CCOC(=O)C=C. The van der Waals surface area contributed by atoms with E-state index >= 15 is 0 Å². The van der Waals surface area contributed by atoms with Crippen molar-refractivity contribution in [2.24, 2.45) is 0 Å². The monoisotopic (exact) mass is 224 g/mol. The topological polar surface area (TPSA) is 63.6 Å². The van der Waals surface area contributed by atoms with E-state index in [-0.39, 0.29) is 12.2 Å². The normalized spacial score (nSPS) is 8.56. The number of carboxylic acid groups (broad SMARTS) is 1. The molecule has 0 radical (unpaired) electrons. The van der Waals surface area contributed by atoms with Crippen LogP contribution in [0, 0.1) is 0 Å². The number of esters is 1. The summed E-state index contributed by atoms with van der Waals surface area (Å²) in [5.74, 6) is -1.38. The summed E-state index contributed by atoms with van der Waals surface area (Å²) in [6.45, 7) is 11.8. The van der Waals surface area contributed by atoms with Crippen LogP contribution >= 0.6 is 0 Å². The Morgan fingerprint density at radius 2 is 1.94 bits per heavy atom. The number of carbonyl (C=O) groups excluding carboxylic acids is 1. The Morgan fingerprint density at radius 3 is 2.19 bits per heavy atom. The van der Waals surface area contributed by atoms with E-state index in [2.05, 4.69) is 24.5 Å². The Morgan fingerprint density at radius 1 is 1.38 bits per heavy atom. The van der Waals surface area contributed by atoms with Crippen LogP contribution in [0.3, 0.4) is 0 Å². The maximum atomic E-state index is 10.2. The Balaban J connectivity index is 0. The lowest BCUT2D eigenvalue weighted by Gasteiger charge is -1.92. The van der Waals surface area contributed by atoms with E-state index in [0.717, 1.165) is 6.08 Å². The molecule has 0 rings (SSSR count). The maximum Gasteiger partial charge on any atom is 0.335 e. The molecule has 4 nitrogen and oxygen atoms in total. The number of ether oxygens (including phenoxy) is 1. The standard InChI is InChI=1S/2C6H8O2/c1-3-4-5(2)6(7)8;1-3-5-8-6(7)4-2/h3-4H,2H2,1H3,(H,7,8);3-4H,1-2,5H2. The fourth-order valence-corrected chi connectivity index (χ4v) is 0.472. The number of carboxylic acids is 1. The van der Waals surface area contributed by atoms with Gasteiger partial charge in [0.05, 0.1) is 5.57 Å². The smallest absolute Gasteiger partial charge is 0.335 e. The van der Waals surface area contributed by atoms with Crippen molar-refractivity contribution in [3.63, 3.8) is 0 Å². The highest BCUT2D eigenvalue weighted by atomic mass is 16.5. The lowest BCUT2D eigenvalue weighted by atomic mass is 10.3. The number of aliphatic carboxylic acids is 1. The number of carbonyl (C=O) groups is 2. The van der Waals surface area contributed by atoms with Gasteiger partial charge in [-0.1, -0.05) is 38.0 Å². The average molecular weight is 224 g/mol. The average Bonchev–Trinajstić information content (AvgIpc) is 2.27. The summed E-state index contributed by atoms with van der Waals surface area (Å²) in [4.78, 5) is 20.1. The zero-order valence-corrected chi connectivity index (χ0v) is 9.31. The van der Waals surface area contributed by atoms with Crippen LogP contribution in [0.25, 0.3) is 0 Å². The maximum absolute atomic E-state index is 10.2. The molecule has 88 valence electrons. The van der Waals surface area contributed by atoms with Gasteiger partial charge in [-0.25, -0.2) is 9.59 Å². The number of allylic oxidation sites excluding steroid dienone is 1. The number of rotatable bonds is 5. The molecule has 1 N–H and O–H groups in total. The highest BCUT2D eigenvalue weighted by molar-refractivity contribution is 5.88. The minimum absolute atomic E-state index is 0.118. The van der Waals surface area contributed by atoms with Crippen LogP contribution < -0.4 is 0 Å². The lowest BCUT2D eigenvalue weighted by Crippen LogP contribution is -1.98. The molecule has 0 aromatic heterocycles. The summed E-state index contributed by atoms with van der Waals surface area (Å²) in [5, 5.41) is 8.16. The van der Waals surface area contributed by atoms with Crippen molar-refractivity contribution >= 4 is 11.9 Å². The molecule has 0 aliphatic rings. The summed E-state index contributed by atoms with van der Waals surface area (Å²) in [7, 11) is 0. The van der Waals surface area contributed by atoms with Gasteiger partial charge in [0, 0.05) is 6.08 Å². The van der Waals surface area contributed by atoms with E-state index in [1.807, 2.05) is 0 Å². The highest BCUT2D eigenvalue weighted by Crippen LogP contribution is 1.89. The van der Waals surface area contributed by atoms with Gasteiger partial charge in [0.2, 0.25) is 0 Å². The van der Waals surface area contributed by atoms with Crippen LogP contribution in [0.4, 0.5) is 0 Å². The van der Waals surface area contributed by atoms with E-state index in [0.29, 0.717) is 0 Å². The van der Waals surface area contributed by atoms with Gasteiger partial charge >= 0.3 is 11.9 Å². The van der Waals surface area contributed by atoms with Crippen LogP contribution in [0.15, 0.2) is 49.6 Å². The van der Waals surface area contributed by atoms with Gasteiger partial charge in [-0.3, -0.25) is 0 Å². The first-order chi connectivity index (χ1) is 7.49. The van der Waals surface area contributed by atoms with Gasteiger partial charge in [0.25, 0.3) is 0 Å². The van der Waals surface area contributed by atoms with Crippen molar-refractivity contribution in [3.05, 3.63) is 49.6 Å². The zero-order valence-electron chi connectivity index (χ0n) is 9.31. The van der Waals surface area contributed by atoms with E-state index in [4.69, 9.17) is 5.11 Å². The highest BCUT2D eigenvalue weighted by Gasteiger charge is 1.94. The zero-order chi connectivity index (χ0) is 13.0. The largest absolute Gasteiger partial charge is 0.478 e. The Kier molecular flexibility index (Phi) is 11.2. The molecule has 0 fully saturated rings. The van der Waals surface area contributed by atoms with Crippen molar-refractivity contribution in [1.29, 1.82) is 0 Å². The van der Waals surface area contributed by atoms with Crippen LogP contribution in [0.2, 0.25) is 0 Å². The van der Waals surface area contributed by atoms with Crippen molar-refractivity contribution < 1.29 is 19.4 Å². The van der Waals surface area contributed by atoms with Crippen LogP contribution in [-0.2, 0) is 14.3 Å². The molecule has 16 heavy (non-hydrogen) atoms. The van der Waals surface area contributed by atoms with E-state index in [1.165, 1.54) is 12.2 Å². The van der Waals surface area contributed by atoms with Crippen molar-refractivity contribution in [1.82, 2.24) is 0 Å². The second-order valence-electron chi connectivity index (χ2n) is 2.45. The summed E-state index contributed by atoms with van der Waals surface area (Å²) in [6, 6.07) is 0. The minimum Gasteiger partial charge on any atom is -0.478 e. The Bertz CT molecular complexity index is 300. The molecule has 0 saturated carbocycles. The quantitative estimate of drug-likeness (QED) is 0.336. The van der Waals surface area contributed by atoms with Gasteiger partial charge in [0.15, 0.2) is 0 Å². The molecule has 0 atom stereocenters. The molecule has 0 unspecified atom stereocenters. The molecule has 4 heteroatoms. The lowest BCUT2D eigenvalue weighted by molar-refractivity contribution is -0.136. The second kappa shape index (κ2) is 11.0. The molecule has 0 aromatic rings. The van der Waals surface area contributed by atoms with Crippen LogP contribution in [0.5, 0.6) is 0 Å². The number of hydrogen-bond acceptors (Lipinski definition) is 3.